The summed E-state index contributed by atoms with van der Waals surface area (Å²) in [7, 11) is 0. The maximum atomic E-state index is 12.8. The molecule has 0 aliphatic carbocycles. The predicted molar refractivity (Wildman–Crippen MR) is 107 cm³/mol. The van der Waals surface area contributed by atoms with Gasteiger partial charge in [0.2, 0.25) is 0 Å². The van der Waals surface area contributed by atoms with Crippen molar-refractivity contribution in [2.45, 2.75) is 25.9 Å². The molecule has 28 heavy (non-hydrogen) atoms. The number of hydrogen-bond acceptors (Lipinski definition) is 4. The molecule has 1 atom stereocenters. The molecule has 1 aliphatic heterocycles. The van der Waals surface area contributed by atoms with Gasteiger partial charge < -0.3 is 19.8 Å². The van der Waals surface area contributed by atoms with E-state index in [1.165, 1.54) is 0 Å². The maximum Gasteiger partial charge on any atom is 0.291 e. The number of benzene rings is 2. The number of carbonyl (C=O) groups excluding carboxylic acids is 2. The molecule has 4 rings (SSSR count). The molecule has 6 nitrogen and oxygen atoms in total. The quantitative estimate of drug-likeness (QED) is 0.706. The minimum absolute atomic E-state index is 0.0592. The molecule has 144 valence electrons. The molecule has 0 saturated carbocycles. The van der Waals surface area contributed by atoms with Crippen LogP contribution < -0.4 is 10.6 Å². The first-order chi connectivity index (χ1) is 13.6. The van der Waals surface area contributed by atoms with Crippen LogP contribution in [0, 0.1) is 6.92 Å². The second-order valence-corrected chi connectivity index (χ2v) is 6.90. The van der Waals surface area contributed by atoms with Crippen molar-refractivity contribution < 1.29 is 18.7 Å². The van der Waals surface area contributed by atoms with Crippen molar-refractivity contribution in [3.05, 3.63) is 65.4 Å². The molecule has 6 heteroatoms. The second-order valence-electron chi connectivity index (χ2n) is 6.90. The zero-order valence-electron chi connectivity index (χ0n) is 15.7. The van der Waals surface area contributed by atoms with E-state index >= 15 is 0 Å². The van der Waals surface area contributed by atoms with Gasteiger partial charge in [0.1, 0.15) is 5.58 Å². The van der Waals surface area contributed by atoms with Gasteiger partial charge in [-0.1, -0.05) is 30.3 Å². The monoisotopic (exact) mass is 378 g/mol. The zero-order chi connectivity index (χ0) is 19.5. The molecule has 2 amide bonds. The van der Waals surface area contributed by atoms with Crippen LogP contribution >= 0.6 is 0 Å². The number of fused-ring (bicyclic) bond motifs is 1. The maximum absolute atomic E-state index is 12.8. The van der Waals surface area contributed by atoms with Crippen LogP contribution in [0.25, 0.3) is 11.0 Å². The van der Waals surface area contributed by atoms with Crippen LogP contribution in [0.2, 0.25) is 0 Å². The number of hydrogen-bond donors (Lipinski definition) is 2. The Kier molecular flexibility index (Phi) is 5.12. The summed E-state index contributed by atoms with van der Waals surface area (Å²) in [4.78, 5) is 25.4. The van der Waals surface area contributed by atoms with Crippen molar-refractivity contribution in [2.75, 3.05) is 18.5 Å². The van der Waals surface area contributed by atoms with Gasteiger partial charge in [0.15, 0.2) is 5.76 Å². The van der Waals surface area contributed by atoms with Crippen molar-refractivity contribution in [2.24, 2.45) is 0 Å². The van der Waals surface area contributed by atoms with Gasteiger partial charge in [0.05, 0.1) is 17.4 Å². The van der Waals surface area contributed by atoms with Crippen molar-refractivity contribution in [1.82, 2.24) is 5.32 Å². The van der Waals surface area contributed by atoms with Crippen LogP contribution in [0.4, 0.5) is 5.69 Å². The first-order valence-electron chi connectivity index (χ1n) is 9.42. The molecule has 0 radical (unpaired) electrons. The van der Waals surface area contributed by atoms with Crippen LogP contribution in [0.5, 0.6) is 0 Å². The van der Waals surface area contributed by atoms with Crippen LogP contribution in [-0.2, 0) is 4.74 Å². The summed E-state index contributed by atoms with van der Waals surface area (Å²) in [5.41, 5.74) is 2.28. The van der Waals surface area contributed by atoms with Crippen LogP contribution in [0.3, 0.4) is 0 Å². The number of para-hydroxylation sites is 2. The molecule has 1 saturated heterocycles. The highest BCUT2D eigenvalue weighted by Crippen LogP contribution is 2.26. The fourth-order valence-corrected chi connectivity index (χ4v) is 3.47. The molecule has 0 unspecified atom stereocenters. The summed E-state index contributed by atoms with van der Waals surface area (Å²) in [6.45, 7) is 3.05. The Morgan fingerprint density at radius 2 is 1.86 bits per heavy atom. The second kappa shape index (κ2) is 7.86. The molecule has 1 aliphatic rings. The Labute approximate surface area is 162 Å². The van der Waals surface area contributed by atoms with Crippen molar-refractivity contribution >= 4 is 28.5 Å². The normalized spacial score (nSPS) is 16.2. The number of aryl methyl sites for hydroxylation is 1. The van der Waals surface area contributed by atoms with Crippen molar-refractivity contribution in [1.29, 1.82) is 0 Å². The summed E-state index contributed by atoms with van der Waals surface area (Å²) in [6.07, 6.45) is 2.03. The van der Waals surface area contributed by atoms with Crippen molar-refractivity contribution in [3.63, 3.8) is 0 Å². The van der Waals surface area contributed by atoms with E-state index < -0.39 is 0 Å². The third kappa shape index (κ3) is 3.64. The minimum Gasteiger partial charge on any atom is -0.451 e. The van der Waals surface area contributed by atoms with Crippen molar-refractivity contribution in [3.8, 4) is 0 Å². The van der Waals surface area contributed by atoms with Gasteiger partial charge in [-0.15, -0.1) is 0 Å². The predicted octanol–water partition coefficient (Wildman–Crippen LogP) is 3.90. The molecule has 1 aromatic heterocycles. The number of rotatable bonds is 5. The number of nitrogens with one attached hydrogen (secondary N) is 2. The third-order valence-electron chi connectivity index (χ3n) is 4.98. The first kappa shape index (κ1) is 18.3. The van der Waals surface area contributed by atoms with Crippen LogP contribution in [-0.4, -0.2) is 31.1 Å². The number of anilines is 1. The Morgan fingerprint density at radius 1 is 1.07 bits per heavy atom. The number of ether oxygens (including phenoxy) is 1. The summed E-state index contributed by atoms with van der Waals surface area (Å²) >= 11 is 0. The summed E-state index contributed by atoms with van der Waals surface area (Å²) in [5.74, 6) is -0.378. The summed E-state index contributed by atoms with van der Waals surface area (Å²) in [5, 5.41) is 6.60. The molecular formula is C22H22N2O4. The summed E-state index contributed by atoms with van der Waals surface area (Å²) < 4.78 is 11.3. The van der Waals surface area contributed by atoms with Gasteiger partial charge in [-0.25, -0.2) is 0 Å². The smallest absolute Gasteiger partial charge is 0.291 e. The van der Waals surface area contributed by atoms with Crippen LogP contribution in [0.1, 0.15) is 39.3 Å². The Hall–Kier alpha value is -3.12. The largest absolute Gasteiger partial charge is 0.451 e. The lowest BCUT2D eigenvalue weighted by atomic mass is 10.1. The fraction of sp³-hybridized carbons (Fsp3) is 0.273. The fourth-order valence-electron chi connectivity index (χ4n) is 3.47. The van der Waals surface area contributed by atoms with E-state index in [1.807, 2.05) is 31.2 Å². The Bertz CT molecular complexity index is 1020. The Morgan fingerprint density at radius 3 is 2.64 bits per heavy atom. The van der Waals surface area contributed by atoms with Gasteiger partial charge in [-0.05, 0) is 38.0 Å². The summed E-state index contributed by atoms with van der Waals surface area (Å²) in [6, 6.07) is 14.4. The highest BCUT2D eigenvalue weighted by molar-refractivity contribution is 6.10. The van der Waals surface area contributed by atoms with Gasteiger partial charge in [0, 0.05) is 24.1 Å². The molecule has 2 N–H and O–H groups in total. The molecule has 0 bridgehead atoms. The molecule has 2 heterocycles. The molecular weight excluding hydrogens is 356 g/mol. The standard InChI is InChI=1S/C22H22N2O4/c1-14-16-8-3-5-11-19(16)28-20(14)22(26)24-18-10-4-2-9-17(18)21(25)23-13-15-7-6-12-27-15/h2-5,8-11,15H,6-7,12-13H2,1H3,(H,23,25)(H,24,26)/t15-/m0/s1. The lowest BCUT2D eigenvalue weighted by Gasteiger charge is -2.13. The number of amides is 2. The molecule has 0 spiro atoms. The van der Waals surface area contributed by atoms with Gasteiger partial charge in [-0.2, -0.15) is 0 Å². The first-order valence-corrected chi connectivity index (χ1v) is 9.42. The van der Waals surface area contributed by atoms with Gasteiger partial charge in [-0.3, -0.25) is 9.59 Å². The van der Waals surface area contributed by atoms with E-state index in [0.717, 1.165) is 30.4 Å². The van der Waals surface area contributed by atoms with Gasteiger partial charge >= 0.3 is 0 Å². The average Bonchev–Trinajstić information content (AvgIpc) is 3.35. The topological polar surface area (TPSA) is 80.6 Å². The van der Waals surface area contributed by atoms with Gasteiger partial charge in [0.25, 0.3) is 11.8 Å². The molecule has 1 fully saturated rings. The van der Waals surface area contributed by atoms with E-state index in [4.69, 9.17) is 9.15 Å². The SMILES string of the molecule is Cc1c(C(=O)Nc2ccccc2C(=O)NC[C@@H]2CCCO2)oc2ccccc12. The van der Waals surface area contributed by atoms with E-state index in [1.54, 1.807) is 24.3 Å². The highest BCUT2D eigenvalue weighted by atomic mass is 16.5. The van der Waals surface area contributed by atoms with E-state index in [-0.39, 0.29) is 23.7 Å². The zero-order valence-corrected chi connectivity index (χ0v) is 15.7. The Balaban J connectivity index is 1.52. The van der Waals surface area contributed by atoms with Crippen LogP contribution in [0.15, 0.2) is 52.9 Å². The molecule has 2 aromatic carbocycles. The van der Waals surface area contributed by atoms with E-state index in [2.05, 4.69) is 10.6 Å². The number of furan rings is 1. The van der Waals surface area contributed by atoms with E-state index in [9.17, 15) is 9.59 Å². The number of carbonyl (C=O) groups is 2. The average molecular weight is 378 g/mol. The lowest BCUT2D eigenvalue weighted by molar-refractivity contribution is 0.0858. The minimum atomic E-state index is -0.381. The highest BCUT2D eigenvalue weighted by Gasteiger charge is 2.21. The lowest BCUT2D eigenvalue weighted by Crippen LogP contribution is -2.32. The molecule has 3 aromatic rings. The third-order valence-corrected chi connectivity index (χ3v) is 4.98. The van der Waals surface area contributed by atoms with E-state index in [0.29, 0.717) is 23.4 Å².